The highest BCUT2D eigenvalue weighted by Crippen LogP contribution is 2.34. The number of carboxylic acids is 1. The van der Waals surface area contributed by atoms with Gasteiger partial charge in [0, 0.05) is 16.5 Å². The second-order valence-corrected chi connectivity index (χ2v) is 6.80. The van der Waals surface area contributed by atoms with Gasteiger partial charge in [-0.25, -0.2) is 14.2 Å². The van der Waals surface area contributed by atoms with E-state index in [1.165, 1.54) is 12.1 Å². The van der Waals surface area contributed by atoms with Crippen molar-refractivity contribution in [2.75, 3.05) is 6.61 Å². The molecule has 4 aromatic rings. The molecule has 0 saturated heterocycles. The van der Waals surface area contributed by atoms with Crippen molar-refractivity contribution >= 4 is 16.9 Å². The molecule has 152 valence electrons. The van der Waals surface area contributed by atoms with Crippen LogP contribution in [0.5, 0.6) is 5.75 Å². The van der Waals surface area contributed by atoms with Crippen LogP contribution < -0.4 is 4.74 Å². The number of aromatic carboxylic acids is 1. The van der Waals surface area contributed by atoms with E-state index in [0.717, 1.165) is 22.9 Å². The number of pyridine rings is 1. The molecule has 0 spiro atoms. The average molecular weight is 412 g/mol. The van der Waals surface area contributed by atoms with Gasteiger partial charge in [-0.3, -0.25) is 0 Å². The molecule has 0 fully saturated rings. The molecule has 5 nitrogen and oxygen atoms in total. The van der Waals surface area contributed by atoms with Gasteiger partial charge in [0.15, 0.2) is 0 Å². The fraction of sp³-hybridized carbons (Fsp3) is 0.0800. The second-order valence-electron chi connectivity index (χ2n) is 6.80. The molecule has 1 aromatic heterocycles. The number of nitrogens with zero attached hydrogens (tertiary/aromatic N) is 2. The highest BCUT2D eigenvalue weighted by atomic mass is 19.1. The van der Waals surface area contributed by atoms with Gasteiger partial charge in [-0.05, 0) is 36.8 Å². The minimum absolute atomic E-state index is 0.0926. The van der Waals surface area contributed by atoms with Crippen LogP contribution in [-0.4, -0.2) is 22.7 Å². The Balaban J connectivity index is 1.88. The predicted molar refractivity (Wildman–Crippen MR) is 115 cm³/mol. The summed E-state index contributed by atoms with van der Waals surface area (Å²) >= 11 is 0. The molecular formula is C25H17FN2O3. The second kappa shape index (κ2) is 8.25. The Kier molecular flexibility index (Phi) is 5.33. The van der Waals surface area contributed by atoms with E-state index in [0.29, 0.717) is 17.7 Å². The Hall–Kier alpha value is -4.24. The SMILES string of the molecule is CCOc1ccccc1-c1ccc(-c2nc3ccc(F)cc3c(C(=O)O)c2C#N)cc1. The normalized spacial score (nSPS) is 10.6. The van der Waals surface area contributed by atoms with Crippen LogP contribution in [0.4, 0.5) is 4.39 Å². The smallest absolute Gasteiger partial charge is 0.337 e. The van der Waals surface area contributed by atoms with Gasteiger partial charge in [-0.15, -0.1) is 0 Å². The Morgan fingerprint density at radius 1 is 1.10 bits per heavy atom. The summed E-state index contributed by atoms with van der Waals surface area (Å²) in [5, 5.41) is 19.5. The van der Waals surface area contributed by atoms with Gasteiger partial charge in [0.2, 0.25) is 0 Å². The number of benzene rings is 3. The summed E-state index contributed by atoms with van der Waals surface area (Å²) in [4.78, 5) is 16.4. The molecule has 3 aromatic carbocycles. The van der Waals surface area contributed by atoms with Crippen LogP contribution in [0, 0.1) is 17.1 Å². The third-order valence-corrected chi connectivity index (χ3v) is 4.93. The van der Waals surface area contributed by atoms with Gasteiger partial charge in [0.1, 0.15) is 17.6 Å². The monoisotopic (exact) mass is 412 g/mol. The minimum Gasteiger partial charge on any atom is -0.493 e. The lowest BCUT2D eigenvalue weighted by molar-refractivity contribution is 0.0698. The van der Waals surface area contributed by atoms with E-state index in [-0.39, 0.29) is 22.2 Å². The summed E-state index contributed by atoms with van der Waals surface area (Å²) in [5.74, 6) is -1.14. The van der Waals surface area contributed by atoms with Crippen LogP contribution in [-0.2, 0) is 0 Å². The molecule has 0 unspecified atom stereocenters. The largest absolute Gasteiger partial charge is 0.493 e. The molecule has 4 rings (SSSR count). The molecule has 1 N–H and O–H groups in total. The summed E-state index contributed by atoms with van der Waals surface area (Å²) in [5.41, 5.74) is 2.60. The summed E-state index contributed by atoms with van der Waals surface area (Å²) in [6, 6.07) is 20.6. The number of fused-ring (bicyclic) bond motifs is 1. The Labute approximate surface area is 178 Å². The van der Waals surface area contributed by atoms with Crippen LogP contribution in [0.25, 0.3) is 33.3 Å². The summed E-state index contributed by atoms with van der Waals surface area (Å²) < 4.78 is 19.4. The highest BCUT2D eigenvalue weighted by Gasteiger charge is 2.21. The van der Waals surface area contributed by atoms with Gasteiger partial charge in [0.05, 0.1) is 28.9 Å². The lowest BCUT2D eigenvalue weighted by atomic mass is 9.96. The lowest BCUT2D eigenvalue weighted by Crippen LogP contribution is -2.06. The first-order valence-electron chi connectivity index (χ1n) is 9.62. The number of aromatic nitrogens is 1. The summed E-state index contributed by atoms with van der Waals surface area (Å²) in [6.07, 6.45) is 0. The molecule has 0 atom stereocenters. The zero-order chi connectivity index (χ0) is 22.0. The van der Waals surface area contributed by atoms with Crippen molar-refractivity contribution in [3.8, 4) is 34.2 Å². The lowest BCUT2D eigenvalue weighted by Gasteiger charge is -2.12. The molecular weight excluding hydrogens is 395 g/mol. The van der Waals surface area contributed by atoms with Crippen LogP contribution in [0.3, 0.4) is 0 Å². The number of para-hydroxylation sites is 1. The van der Waals surface area contributed by atoms with Gasteiger partial charge in [0.25, 0.3) is 0 Å². The first kappa shape index (κ1) is 20.0. The fourth-order valence-corrected chi connectivity index (χ4v) is 3.57. The third kappa shape index (κ3) is 3.69. The maximum atomic E-state index is 13.7. The van der Waals surface area contributed by atoms with Gasteiger partial charge >= 0.3 is 5.97 Å². The van der Waals surface area contributed by atoms with Crippen molar-refractivity contribution in [2.45, 2.75) is 6.92 Å². The number of hydrogen-bond donors (Lipinski definition) is 1. The van der Waals surface area contributed by atoms with Crippen molar-refractivity contribution in [1.29, 1.82) is 5.26 Å². The van der Waals surface area contributed by atoms with E-state index in [4.69, 9.17) is 4.74 Å². The summed E-state index contributed by atoms with van der Waals surface area (Å²) in [7, 11) is 0. The van der Waals surface area contributed by atoms with E-state index < -0.39 is 11.8 Å². The zero-order valence-corrected chi connectivity index (χ0v) is 16.6. The van der Waals surface area contributed by atoms with E-state index >= 15 is 0 Å². The number of ether oxygens (including phenoxy) is 1. The molecule has 0 aliphatic carbocycles. The number of nitriles is 1. The quantitative estimate of drug-likeness (QED) is 0.456. The molecule has 31 heavy (non-hydrogen) atoms. The molecule has 0 radical (unpaired) electrons. The number of carbonyl (C=O) groups is 1. The van der Waals surface area contributed by atoms with Crippen molar-refractivity contribution in [3.05, 3.63) is 83.7 Å². The fourth-order valence-electron chi connectivity index (χ4n) is 3.57. The van der Waals surface area contributed by atoms with Crippen molar-refractivity contribution in [1.82, 2.24) is 4.98 Å². The van der Waals surface area contributed by atoms with Gasteiger partial charge in [-0.2, -0.15) is 5.26 Å². The van der Waals surface area contributed by atoms with Gasteiger partial charge in [-0.1, -0.05) is 42.5 Å². The van der Waals surface area contributed by atoms with E-state index in [1.54, 1.807) is 12.1 Å². The standard InChI is InChI=1S/C25H17FN2O3/c1-2-31-22-6-4-3-5-18(22)15-7-9-16(10-8-15)24-20(14-27)23(25(29)30)19-13-17(26)11-12-21(19)28-24/h3-13H,2H2,1H3,(H,29,30). The number of halogens is 1. The Morgan fingerprint density at radius 3 is 2.48 bits per heavy atom. The maximum Gasteiger partial charge on any atom is 0.337 e. The first-order chi connectivity index (χ1) is 15.0. The minimum atomic E-state index is -1.31. The van der Waals surface area contributed by atoms with E-state index in [1.807, 2.05) is 49.4 Å². The van der Waals surface area contributed by atoms with E-state index in [2.05, 4.69) is 4.98 Å². The molecule has 0 saturated carbocycles. The average Bonchev–Trinajstić information content (AvgIpc) is 2.78. The predicted octanol–water partition coefficient (Wildman–Crippen LogP) is 5.68. The topological polar surface area (TPSA) is 83.2 Å². The number of rotatable bonds is 5. The molecule has 0 aliphatic rings. The molecule has 0 aliphatic heterocycles. The van der Waals surface area contributed by atoms with E-state index in [9.17, 15) is 19.6 Å². The third-order valence-electron chi connectivity index (χ3n) is 4.93. The Bertz CT molecular complexity index is 1340. The molecule has 1 heterocycles. The van der Waals surface area contributed by atoms with Crippen molar-refractivity contribution in [3.63, 3.8) is 0 Å². The van der Waals surface area contributed by atoms with Crippen LogP contribution in [0.2, 0.25) is 0 Å². The van der Waals surface area contributed by atoms with Crippen LogP contribution in [0.15, 0.2) is 66.7 Å². The zero-order valence-electron chi connectivity index (χ0n) is 16.6. The summed E-state index contributed by atoms with van der Waals surface area (Å²) in [6.45, 7) is 2.46. The van der Waals surface area contributed by atoms with Crippen molar-refractivity contribution in [2.24, 2.45) is 0 Å². The molecule has 6 heteroatoms. The highest BCUT2D eigenvalue weighted by molar-refractivity contribution is 6.06. The van der Waals surface area contributed by atoms with Crippen LogP contribution in [0.1, 0.15) is 22.8 Å². The Morgan fingerprint density at radius 2 is 1.81 bits per heavy atom. The molecule has 0 amide bonds. The number of carboxylic acid groups (broad SMARTS) is 1. The number of hydrogen-bond acceptors (Lipinski definition) is 4. The van der Waals surface area contributed by atoms with Gasteiger partial charge < -0.3 is 9.84 Å². The first-order valence-corrected chi connectivity index (χ1v) is 9.62. The molecule has 0 bridgehead atoms. The van der Waals surface area contributed by atoms with Crippen LogP contribution >= 0.6 is 0 Å². The maximum absolute atomic E-state index is 13.7. The van der Waals surface area contributed by atoms with Crippen molar-refractivity contribution < 1.29 is 19.0 Å².